The fourth-order valence-corrected chi connectivity index (χ4v) is 3.71. The molecule has 0 radical (unpaired) electrons. The second-order valence-corrected chi connectivity index (χ2v) is 8.14. The highest BCUT2D eigenvalue weighted by Crippen LogP contribution is 2.42. The van der Waals surface area contributed by atoms with E-state index in [2.05, 4.69) is 9.47 Å². The average molecular weight is 504 g/mol. The van der Waals surface area contributed by atoms with Crippen LogP contribution < -0.4 is 9.47 Å². The molecule has 0 saturated heterocycles. The van der Waals surface area contributed by atoms with E-state index in [0.717, 1.165) is 0 Å². The van der Waals surface area contributed by atoms with Crippen molar-refractivity contribution in [2.45, 2.75) is 51.0 Å². The first-order chi connectivity index (χ1) is 15.6. The van der Waals surface area contributed by atoms with Gasteiger partial charge in [0.25, 0.3) is 0 Å². The Hall–Kier alpha value is -2.66. The second-order valence-electron chi connectivity index (χ2n) is 8.14. The molecule has 1 fully saturated rings. The van der Waals surface area contributed by atoms with Crippen molar-refractivity contribution < 1.29 is 53.4 Å². The van der Waals surface area contributed by atoms with Crippen LogP contribution in [0.15, 0.2) is 30.3 Å². The Morgan fingerprint density at radius 3 is 1.74 bits per heavy atom. The summed E-state index contributed by atoms with van der Waals surface area (Å²) in [6.45, 7) is 1.92. The summed E-state index contributed by atoms with van der Waals surface area (Å²) < 4.78 is 145. The molecule has 188 valence electrons. The lowest BCUT2D eigenvalue weighted by Gasteiger charge is -2.32. The standard InChI is InChI=1S/C22H18F10O2/c1-11-2-4-12(5-3-11)21(29,30)33-13-6-7-15(16(23)8-13)22(31,32)34-14-9-17(24)19(18(25)10-14)20(26,27)28/h6-12H,2-5H2,1H3. The molecule has 1 aliphatic rings. The van der Waals surface area contributed by atoms with Crippen LogP contribution >= 0.6 is 0 Å². The number of alkyl halides is 7. The van der Waals surface area contributed by atoms with Crippen molar-refractivity contribution in [3.63, 3.8) is 0 Å². The molecule has 0 unspecified atom stereocenters. The van der Waals surface area contributed by atoms with E-state index in [4.69, 9.17) is 0 Å². The number of halogens is 10. The van der Waals surface area contributed by atoms with Gasteiger partial charge in [-0.1, -0.05) is 19.8 Å². The molecule has 0 amide bonds. The van der Waals surface area contributed by atoms with Crippen LogP contribution in [-0.2, 0) is 12.3 Å². The minimum atomic E-state index is -5.44. The zero-order valence-corrected chi connectivity index (χ0v) is 17.5. The van der Waals surface area contributed by atoms with Gasteiger partial charge < -0.3 is 9.47 Å². The van der Waals surface area contributed by atoms with Gasteiger partial charge in [-0.15, -0.1) is 0 Å². The van der Waals surface area contributed by atoms with Crippen LogP contribution in [0.4, 0.5) is 43.9 Å². The number of ether oxygens (including phenoxy) is 2. The van der Waals surface area contributed by atoms with Crippen LogP contribution in [0.1, 0.15) is 43.7 Å². The molecule has 2 nitrogen and oxygen atoms in total. The molecule has 0 spiro atoms. The molecule has 0 aromatic heterocycles. The molecule has 0 heterocycles. The quantitative estimate of drug-likeness (QED) is 0.371. The zero-order chi connectivity index (χ0) is 25.5. The summed E-state index contributed by atoms with van der Waals surface area (Å²) in [6.07, 6.45) is -12.3. The third kappa shape index (κ3) is 5.69. The van der Waals surface area contributed by atoms with Crippen molar-refractivity contribution in [2.75, 3.05) is 0 Å². The Morgan fingerprint density at radius 1 is 0.706 bits per heavy atom. The van der Waals surface area contributed by atoms with Crippen LogP contribution in [0.3, 0.4) is 0 Å². The van der Waals surface area contributed by atoms with Gasteiger partial charge in [-0.3, -0.25) is 0 Å². The largest absolute Gasteiger partial charge is 0.432 e. The van der Waals surface area contributed by atoms with E-state index in [1.54, 1.807) is 0 Å². The predicted molar refractivity (Wildman–Crippen MR) is 99.0 cm³/mol. The highest BCUT2D eigenvalue weighted by molar-refractivity contribution is 5.35. The minimum Gasteiger partial charge on any atom is -0.432 e. The maximum absolute atomic E-state index is 14.4. The molecule has 34 heavy (non-hydrogen) atoms. The van der Waals surface area contributed by atoms with Crippen molar-refractivity contribution in [1.29, 1.82) is 0 Å². The fourth-order valence-electron chi connectivity index (χ4n) is 3.71. The van der Waals surface area contributed by atoms with E-state index in [1.165, 1.54) is 0 Å². The number of hydrogen-bond donors (Lipinski definition) is 0. The molecule has 0 aliphatic heterocycles. The normalized spacial score (nSPS) is 19.7. The van der Waals surface area contributed by atoms with E-state index in [-0.39, 0.29) is 37.0 Å². The second kappa shape index (κ2) is 9.18. The molecule has 1 aliphatic carbocycles. The Kier molecular flexibility index (Phi) is 7.01. The Morgan fingerprint density at radius 2 is 1.24 bits per heavy atom. The summed E-state index contributed by atoms with van der Waals surface area (Å²) in [5, 5.41) is 0. The summed E-state index contributed by atoms with van der Waals surface area (Å²) >= 11 is 0. The van der Waals surface area contributed by atoms with E-state index in [9.17, 15) is 43.9 Å². The maximum atomic E-state index is 14.4. The average Bonchev–Trinajstić information content (AvgIpc) is 2.65. The molecular weight excluding hydrogens is 486 g/mol. The summed E-state index contributed by atoms with van der Waals surface area (Å²) in [5.41, 5.74) is -3.83. The maximum Gasteiger partial charge on any atom is 0.429 e. The molecule has 0 N–H and O–H groups in total. The molecule has 0 bridgehead atoms. The molecule has 2 aromatic rings. The molecular formula is C22H18F10O2. The third-order valence-electron chi connectivity index (χ3n) is 5.54. The minimum absolute atomic E-state index is 0.138. The van der Waals surface area contributed by atoms with E-state index >= 15 is 0 Å². The van der Waals surface area contributed by atoms with E-state index in [1.807, 2.05) is 6.92 Å². The van der Waals surface area contributed by atoms with Gasteiger partial charge in [0.1, 0.15) is 40.1 Å². The summed E-state index contributed by atoms with van der Waals surface area (Å²) in [7, 11) is 0. The Bertz CT molecular complexity index is 1000. The third-order valence-corrected chi connectivity index (χ3v) is 5.54. The predicted octanol–water partition coefficient (Wildman–Crippen LogP) is 8.05. The topological polar surface area (TPSA) is 18.5 Å². The van der Waals surface area contributed by atoms with Gasteiger partial charge in [0.05, 0.1) is 5.92 Å². The SMILES string of the molecule is CC1CCC(C(F)(F)Oc2ccc(C(F)(F)Oc3cc(F)c(C(F)(F)F)c(F)c3)c(F)c2)CC1. The number of rotatable bonds is 6. The molecule has 12 heteroatoms. The zero-order valence-electron chi connectivity index (χ0n) is 17.5. The van der Waals surface area contributed by atoms with Gasteiger partial charge in [-0.25, -0.2) is 13.2 Å². The van der Waals surface area contributed by atoms with Crippen LogP contribution in [0.5, 0.6) is 11.5 Å². The van der Waals surface area contributed by atoms with Gasteiger partial charge in [0.15, 0.2) is 0 Å². The lowest BCUT2D eigenvalue weighted by atomic mass is 9.82. The van der Waals surface area contributed by atoms with Crippen LogP contribution in [0, 0.1) is 29.3 Å². The van der Waals surface area contributed by atoms with Crippen molar-refractivity contribution in [1.82, 2.24) is 0 Å². The van der Waals surface area contributed by atoms with Crippen molar-refractivity contribution in [2.24, 2.45) is 11.8 Å². The lowest BCUT2D eigenvalue weighted by Crippen LogP contribution is -2.37. The first-order valence-electron chi connectivity index (χ1n) is 10.1. The summed E-state index contributed by atoms with van der Waals surface area (Å²) in [6, 6.07) is 0.977. The Labute approximate surface area is 187 Å². The molecule has 1 saturated carbocycles. The Balaban J connectivity index is 1.78. The number of benzene rings is 2. The molecule has 3 rings (SSSR count). The van der Waals surface area contributed by atoms with Crippen LogP contribution in [0.2, 0.25) is 0 Å². The van der Waals surface area contributed by atoms with Gasteiger partial charge in [0.2, 0.25) is 0 Å². The lowest BCUT2D eigenvalue weighted by molar-refractivity contribution is -0.223. The van der Waals surface area contributed by atoms with Gasteiger partial charge >= 0.3 is 18.4 Å². The highest BCUT2D eigenvalue weighted by atomic mass is 19.4. The van der Waals surface area contributed by atoms with Gasteiger partial charge in [-0.05, 0) is 30.9 Å². The van der Waals surface area contributed by atoms with E-state index < -0.39 is 64.4 Å². The van der Waals surface area contributed by atoms with Crippen LogP contribution in [0.25, 0.3) is 0 Å². The summed E-state index contributed by atoms with van der Waals surface area (Å²) in [5.74, 6) is -9.15. The van der Waals surface area contributed by atoms with E-state index in [0.29, 0.717) is 25.0 Å². The van der Waals surface area contributed by atoms with Crippen molar-refractivity contribution in [3.8, 4) is 11.5 Å². The monoisotopic (exact) mass is 504 g/mol. The van der Waals surface area contributed by atoms with Gasteiger partial charge in [0, 0.05) is 18.2 Å². The smallest absolute Gasteiger partial charge is 0.429 e. The fraction of sp³-hybridized carbons (Fsp3) is 0.455. The first-order valence-corrected chi connectivity index (χ1v) is 10.1. The first kappa shape index (κ1) is 26.0. The van der Waals surface area contributed by atoms with Gasteiger partial charge in [-0.2, -0.15) is 30.7 Å². The molecule has 0 atom stereocenters. The summed E-state index contributed by atoms with van der Waals surface area (Å²) in [4.78, 5) is 0. The van der Waals surface area contributed by atoms with Crippen molar-refractivity contribution >= 4 is 0 Å². The highest BCUT2D eigenvalue weighted by Gasteiger charge is 2.44. The number of hydrogen-bond acceptors (Lipinski definition) is 2. The molecule has 2 aromatic carbocycles. The van der Waals surface area contributed by atoms with Crippen LogP contribution in [-0.4, -0.2) is 6.11 Å². The van der Waals surface area contributed by atoms with Crippen molar-refractivity contribution in [3.05, 3.63) is 58.9 Å².